The van der Waals surface area contributed by atoms with Gasteiger partial charge in [-0.25, -0.2) is 0 Å². The first-order valence-corrected chi connectivity index (χ1v) is 6.61. The standard InChI is InChI=1S/C14H17F6N/c1-2-9-21-12(7-8-13(15,16)17)10-5-3-4-6-11(10)14(18,19)20/h3-6,12,21H,2,7-9H2,1H3. The summed E-state index contributed by atoms with van der Waals surface area (Å²) in [5.74, 6) is 0. The molecule has 0 aromatic heterocycles. The molecule has 0 spiro atoms. The van der Waals surface area contributed by atoms with E-state index < -0.39 is 36.8 Å². The van der Waals surface area contributed by atoms with Crippen LogP contribution in [0.5, 0.6) is 0 Å². The zero-order valence-electron chi connectivity index (χ0n) is 11.5. The predicted octanol–water partition coefficient (Wildman–Crippen LogP) is 5.09. The monoisotopic (exact) mass is 313 g/mol. The lowest BCUT2D eigenvalue weighted by molar-refractivity contribution is -0.139. The quantitative estimate of drug-likeness (QED) is 0.721. The third-order valence-corrected chi connectivity index (χ3v) is 3.00. The van der Waals surface area contributed by atoms with Crippen LogP contribution in [0.15, 0.2) is 24.3 Å². The van der Waals surface area contributed by atoms with Gasteiger partial charge in [-0.2, -0.15) is 26.3 Å². The van der Waals surface area contributed by atoms with Crippen molar-refractivity contribution >= 4 is 0 Å². The second-order valence-corrected chi connectivity index (χ2v) is 4.75. The van der Waals surface area contributed by atoms with E-state index in [9.17, 15) is 26.3 Å². The first-order valence-electron chi connectivity index (χ1n) is 6.61. The Labute approximate surface area is 119 Å². The summed E-state index contributed by atoms with van der Waals surface area (Å²) < 4.78 is 75.9. The molecule has 0 saturated heterocycles. The maximum Gasteiger partial charge on any atom is 0.416 e. The number of nitrogens with one attached hydrogen (secondary N) is 1. The van der Waals surface area contributed by atoms with Crippen LogP contribution in [-0.4, -0.2) is 12.7 Å². The van der Waals surface area contributed by atoms with E-state index in [4.69, 9.17) is 0 Å². The summed E-state index contributed by atoms with van der Waals surface area (Å²) in [6.07, 6.45) is -9.89. The van der Waals surface area contributed by atoms with E-state index in [0.29, 0.717) is 13.0 Å². The second kappa shape index (κ2) is 7.15. The maximum atomic E-state index is 13.0. The summed E-state index contributed by atoms with van der Waals surface area (Å²) in [5.41, 5.74) is -1.02. The summed E-state index contributed by atoms with van der Waals surface area (Å²) in [7, 11) is 0. The first kappa shape index (κ1) is 17.8. The highest BCUT2D eigenvalue weighted by Crippen LogP contribution is 2.36. The minimum absolute atomic E-state index is 0.136. The van der Waals surface area contributed by atoms with Crippen molar-refractivity contribution in [1.82, 2.24) is 5.32 Å². The van der Waals surface area contributed by atoms with Crippen LogP contribution in [0, 0.1) is 0 Å². The number of hydrogen-bond acceptors (Lipinski definition) is 1. The molecular weight excluding hydrogens is 296 g/mol. The number of rotatable bonds is 6. The summed E-state index contributed by atoms with van der Waals surface area (Å²) in [5, 5.41) is 2.77. The van der Waals surface area contributed by atoms with Crippen LogP contribution in [0.3, 0.4) is 0 Å². The predicted molar refractivity (Wildman–Crippen MR) is 67.8 cm³/mol. The molecule has 1 rings (SSSR count). The van der Waals surface area contributed by atoms with Crippen LogP contribution in [0.4, 0.5) is 26.3 Å². The van der Waals surface area contributed by atoms with Gasteiger partial charge in [-0.05, 0) is 31.0 Å². The summed E-state index contributed by atoms with van der Waals surface area (Å²) in [6, 6.07) is 3.78. The smallest absolute Gasteiger partial charge is 0.310 e. The molecule has 0 bridgehead atoms. The van der Waals surface area contributed by atoms with Crippen LogP contribution in [0.2, 0.25) is 0 Å². The van der Waals surface area contributed by atoms with Gasteiger partial charge in [-0.1, -0.05) is 25.1 Å². The highest BCUT2D eigenvalue weighted by atomic mass is 19.4. The third-order valence-electron chi connectivity index (χ3n) is 3.00. The number of hydrogen-bond donors (Lipinski definition) is 1. The average molecular weight is 313 g/mol. The maximum absolute atomic E-state index is 13.0. The highest BCUT2D eigenvalue weighted by Gasteiger charge is 2.36. The van der Waals surface area contributed by atoms with E-state index in [-0.39, 0.29) is 5.56 Å². The Morgan fingerprint density at radius 1 is 1.05 bits per heavy atom. The van der Waals surface area contributed by atoms with Crippen molar-refractivity contribution in [3.63, 3.8) is 0 Å². The van der Waals surface area contributed by atoms with Gasteiger partial charge in [0.15, 0.2) is 0 Å². The highest BCUT2D eigenvalue weighted by molar-refractivity contribution is 5.32. The van der Waals surface area contributed by atoms with Crippen molar-refractivity contribution in [2.24, 2.45) is 0 Å². The van der Waals surface area contributed by atoms with Gasteiger partial charge in [0.05, 0.1) is 5.56 Å². The van der Waals surface area contributed by atoms with E-state index >= 15 is 0 Å². The lowest BCUT2D eigenvalue weighted by Gasteiger charge is -2.23. The molecule has 0 amide bonds. The van der Waals surface area contributed by atoms with Gasteiger partial charge in [0.1, 0.15) is 0 Å². The Bertz CT molecular complexity index is 438. The van der Waals surface area contributed by atoms with Crippen molar-refractivity contribution in [2.45, 2.75) is 44.6 Å². The molecule has 1 aromatic carbocycles. The van der Waals surface area contributed by atoms with Gasteiger partial charge in [-0.3, -0.25) is 0 Å². The largest absolute Gasteiger partial charge is 0.416 e. The Kier molecular flexibility index (Phi) is 6.07. The molecule has 1 aromatic rings. The summed E-state index contributed by atoms with van der Waals surface area (Å²) >= 11 is 0. The Morgan fingerprint density at radius 2 is 1.67 bits per heavy atom. The van der Waals surface area contributed by atoms with E-state index in [1.807, 2.05) is 0 Å². The molecule has 0 radical (unpaired) electrons. The fourth-order valence-corrected chi connectivity index (χ4v) is 2.05. The molecule has 1 unspecified atom stereocenters. The summed E-state index contributed by atoms with van der Waals surface area (Å²) in [6.45, 7) is 2.15. The van der Waals surface area contributed by atoms with Crippen molar-refractivity contribution in [3.05, 3.63) is 35.4 Å². The average Bonchev–Trinajstić information content (AvgIpc) is 2.37. The molecule has 0 heterocycles. The molecule has 1 atom stereocenters. The van der Waals surface area contributed by atoms with E-state index in [0.717, 1.165) is 6.07 Å². The van der Waals surface area contributed by atoms with Crippen molar-refractivity contribution in [2.75, 3.05) is 6.54 Å². The molecule has 0 saturated carbocycles. The number of benzene rings is 1. The number of halogens is 6. The molecule has 1 N–H and O–H groups in total. The lowest BCUT2D eigenvalue weighted by atomic mass is 9.96. The molecule has 0 aliphatic carbocycles. The molecular formula is C14H17F6N. The Hall–Kier alpha value is -1.24. The van der Waals surface area contributed by atoms with Gasteiger partial charge in [0.25, 0.3) is 0 Å². The number of alkyl halides is 6. The van der Waals surface area contributed by atoms with Crippen LogP contribution in [0.1, 0.15) is 43.4 Å². The molecule has 0 aliphatic rings. The minimum atomic E-state index is -4.58. The summed E-state index contributed by atoms with van der Waals surface area (Å²) in [4.78, 5) is 0. The van der Waals surface area contributed by atoms with Crippen molar-refractivity contribution in [1.29, 1.82) is 0 Å². The molecule has 0 fully saturated rings. The first-order chi connectivity index (χ1) is 9.65. The SMILES string of the molecule is CCCNC(CCC(F)(F)F)c1ccccc1C(F)(F)F. The van der Waals surface area contributed by atoms with Crippen LogP contribution in [0.25, 0.3) is 0 Å². The molecule has 1 nitrogen and oxygen atoms in total. The normalized spacial score (nSPS) is 14.2. The topological polar surface area (TPSA) is 12.0 Å². The van der Waals surface area contributed by atoms with Crippen LogP contribution >= 0.6 is 0 Å². The minimum Gasteiger partial charge on any atom is -0.310 e. The van der Waals surface area contributed by atoms with Gasteiger partial charge >= 0.3 is 12.4 Å². The van der Waals surface area contributed by atoms with Gasteiger partial charge in [0.2, 0.25) is 0 Å². The lowest BCUT2D eigenvalue weighted by Crippen LogP contribution is -2.26. The second-order valence-electron chi connectivity index (χ2n) is 4.75. The van der Waals surface area contributed by atoms with E-state index in [1.54, 1.807) is 6.92 Å². The van der Waals surface area contributed by atoms with Gasteiger partial charge < -0.3 is 5.32 Å². The fraction of sp³-hybridized carbons (Fsp3) is 0.571. The van der Waals surface area contributed by atoms with E-state index in [2.05, 4.69) is 5.32 Å². The molecule has 7 heteroatoms. The van der Waals surface area contributed by atoms with Gasteiger partial charge in [-0.15, -0.1) is 0 Å². The molecule has 0 aliphatic heterocycles. The zero-order chi connectivity index (χ0) is 16.1. The van der Waals surface area contributed by atoms with Crippen LogP contribution in [-0.2, 0) is 6.18 Å². The van der Waals surface area contributed by atoms with Crippen molar-refractivity contribution < 1.29 is 26.3 Å². The van der Waals surface area contributed by atoms with Gasteiger partial charge in [0, 0.05) is 12.5 Å². The van der Waals surface area contributed by atoms with Crippen LogP contribution < -0.4 is 5.32 Å². The molecule has 21 heavy (non-hydrogen) atoms. The third kappa shape index (κ3) is 5.95. The Morgan fingerprint density at radius 3 is 2.19 bits per heavy atom. The van der Waals surface area contributed by atoms with Crippen molar-refractivity contribution in [3.8, 4) is 0 Å². The fourth-order valence-electron chi connectivity index (χ4n) is 2.05. The zero-order valence-corrected chi connectivity index (χ0v) is 11.5. The molecule has 120 valence electrons. The van der Waals surface area contributed by atoms with E-state index in [1.165, 1.54) is 18.2 Å². The Balaban J connectivity index is 3.02.